The minimum atomic E-state index is -4.05. The Balaban J connectivity index is 1.26. The van der Waals surface area contributed by atoms with E-state index in [0.29, 0.717) is 17.0 Å². The quantitative estimate of drug-likeness (QED) is 0.210. The van der Waals surface area contributed by atoms with Crippen LogP contribution in [0.2, 0.25) is 5.02 Å². The van der Waals surface area contributed by atoms with E-state index >= 15 is 0 Å². The second-order valence-electron chi connectivity index (χ2n) is 10.1. The number of rotatable bonds is 10. The molecule has 1 N–H and O–H groups in total. The summed E-state index contributed by atoms with van der Waals surface area (Å²) >= 11 is 6.08. The predicted octanol–water partition coefficient (Wildman–Crippen LogP) is 5.13. The van der Waals surface area contributed by atoms with Crippen LogP contribution in [0.15, 0.2) is 41.3 Å². The highest BCUT2D eigenvalue weighted by Crippen LogP contribution is 2.58. The fourth-order valence-electron chi connectivity index (χ4n) is 4.95. The van der Waals surface area contributed by atoms with Gasteiger partial charge in [-0.1, -0.05) is 43.5 Å². The van der Waals surface area contributed by atoms with Gasteiger partial charge in [-0.2, -0.15) is 4.98 Å². The van der Waals surface area contributed by atoms with Crippen molar-refractivity contribution in [3.63, 3.8) is 0 Å². The molecule has 5 rings (SSSR count). The van der Waals surface area contributed by atoms with E-state index in [9.17, 15) is 18.9 Å². The zero-order valence-corrected chi connectivity index (χ0v) is 24.6. The van der Waals surface area contributed by atoms with E-state index in [4.69, 9.17) is 44.1 Å². The third-order valence-electron chi connectivity index (χ3n) is 7.02. The van der Waals surface area contributed by atoms with Gasteiger partial charge >= 0.3 is 25.8 Å². The van der Waals surface area contributed by atoms with Crippen LogP contribution in [0, 0.1) is 0 Å². The van der Waals surface area contributed by atoms with Gasteiger partial charge in [0.2, 0.25) is 0 Å². The molecule has 0 saturated carbocycles. The van der Waals surface area contributed by atoms with E-state index in [-0.39, 0.29) is 25.6 Å². The lowest BCUT2D eigenvalue weighted by Crippen LogP contribution is -2.44. The van der Waals surface area contributed by atoms with E-state index < -0.39 is 55.9 Å². The van der Waals surface area contributed by atoms with Crippen LogP contribution < -0.4 is 11.0 Å². The lowest BCUT2D eigenvalue weighted by molar-refractivity contribution is -0.0959. The summed E-state index contributed by atoms with van der Waals surface area (Å²) in [6.07, 6.45) is -1.14. The first-order valence-electron chi connectivity index (χ1n) is 13.5. The average Bonchev–Trinajstić information content (AvgIpc) is 3.39. The van der Waals surface area contributed by atoms with Gasteiger partial charge in [0, 0.05) is 17.6 Å². The van der Waals surface area contributed by atoms with E-state index in [1.165, 1.54) is 19.2 Å². The van der Waals surface area contributed by atoms with Crippen molar-refractivity contribution in [2.75, 3.05) is 25.1 Å². The Morgan fingerprint density at radius 2 is 2.12 bits per heavy atom. The fourth-order valence-corrected chi connectivity index (χ4v) is 6.55. The molecule has 0 aliphatic carbocycles. The first-order valence-corrected chi connectivity index (χ1v) is 15.3. The number of unbranched alkanes of at least 4 members (excludes halogenated alkanes) is 2. The molecule has 228 valence electrons. The first-order chi connectivity index (χ1) is 20.1. The van der Waals surface area contributed by atoms with Gasteiger partial charge in [0.25, 0.3) is 0 Å². The predicted molar refractivity (Wildman–Crippen MR) is 146 cm³/mol. The molecule has 14 nitrogen and oxygen atoms in total. The van der Waals surface area contributed by atoms with Crippen LogP contribution in [0.4, 0.5) is 15.4 Å². The highest BCUT2D eigenvalue weighted by atomic mass is 35.5. The molecule has 0 spiro atoms. The number of hydrogen-bond acceptors (Lipinski definition) is 12. The molecule has 1 amide bonds. The van der Waals surface area contributed by atoms with Crippen molar-refractivity contribution < 1.29 is 46.7 Å². The molecular formula is C26H31ClN3O11P. The Morgan fingerprint density at radius 3 is 2.88 bits per heavy atom. The maximum Gasteiger partial charge on any atom is 0.509 e. The van der Waals surface area contributed by atoms with Crippen molar-refractivity contribution in [1.82, 2.24) is 9.55 Å². The fraction of sp³-hybridized carbons (Fsp3) is 0.538. The van der Waals surface area contributed by atoms with Gasteiger partial charge in [0.05, 0.1) is 25.9 Å². The summed E-state index contributed by atoms with van der Waals surface area (Å²) in [4.78, 5) is 41.0. The number of fused-ring (bicyclic) bond motifs is 1. The number of carbonyl (C=O) groups is 2. The number of ether oxygens (including phenoxy) is 4. The molecule has 1 aromatic heterocycles. The number of nitrogens with one attached hydrogen (secondary N) is 1. The Morgan fingerprint density at radius 1 is 1.29 bits per heavy atom. The van der Waals surface area contributed by atoms with Crippen molar-refractivity contribution in [3.8, 4) is 0 Å². The summed E-state index contributed by atoms with van der Waals surface area (Å²) in [6.45, 7) is 3.53. The van der Waals surface area contributed by atoms with Crippen LogP contribution in [0.3, 0.4) is 0 Å². The van der Waals surface area contributed by atoms with Crippen molar-refractivity contribution >= 4 is 37.5 Å². The number of amides is 1. The summed E-state index contributed by atoms with van der Waals surface area (Å²) in [5, 5.41) is 2.91. The standard InChI is InChI=1S/C26H31ClN3O11P/c1-3-4-5-12-35-24(32)29-20-9-11-30(23(31)28-20)22-26(2)21(39-25(33)40-26)19(38-22)15-37-42(34)36-13-10-18(41-42)16-7-6-8-17(27)14-16/h6-9,11,14,18-19,21-22H,3-5,10,12-13,15H2,1-2H3,(H,28,29,31,32)/t18-,19+,21+,22+,26+,42?/m0/s1. The number of aromatic nitrogens is 2. The highest BCUT2D eigenvalue weighted by Gasteiger charge is 2.64. The van der Waals surface area contributed by atoms with Crippen molar-refractivity contribution in [2.24, 2.45) is 0 Å². The third kappa shape index (κ3) is 6.64. The molecule has 3 fully saturated rings. The number of halogens is 1. The maximum absolute atomic E-state index is 13.3. The Kier molecular flexibility index (Phi) is 9.21. The molecule has 3 saturated heterocycles. The zero-order valence-electron chi connectivity index (χ0n) is 22.9. The van der Waals surface area contributed by atoms with Gasteiger partial charge in [-0.15, -0.1) is 0 Å². The van der Waals surface area contributed by atoms with Crippen LogP contribution >= 0.6 is 19.4 Å². The largest absolute Gasteiger partial charge is 0.509 e. The number of phosphoric acid groups is 1. The smallest absolute Gasteiger partial charge is 0.449 e. The second-order valence-corrected chi connectivity index (χ2v) is 12.1. The summed E-state index contributed by atoms with van der Waals surface area (Å²) in [6, 6.07) is 8.33. The highest BCUT2D eigenvalue weighted by molar-refractivity contribution is 7.48. The molecule has 6 atom stereocenters. The SMILES string of the molecule is CCCCCOC(=O)Nc1ccn([C@@H]2O[C@H](COP3(=O)OCC[C@@H](c4cccc(Cl)c4)O3)[C@H]3OC(=O)O[C@]32C)c(=O)n1. The van der Waals surface area contributed by atoms with E-state index in [1.54, 1.807) is 24.3 Å². The van der Waals surface area contributed by atoms with Crippen LogP contribution in [0.25, 0.3) is 0 Å². The lowest BCUT2D eigenvalue weighted by Gasteiger charge is -2.30. The van der Waals surface area contributed by atoms with E-state index in [1.807, 2.05) is 6.92 Å². The third-order valence-corrected chi connectivity index (χ3v) is 8.73. The molecule has 16 heteroatoms. The zero-order chi connectivity index (χ0) is 29.9. The molecule has 42 heavy (non-hydrogen) atoms. The molecule has 2 aromatic rings. The average molecular weight is 628 g/mol. The summed E-state index contributed by atoms with van der Waals surface area (Å²) in [5.74, 6) is -0.0325. The van der Waals surface area contributed by atoms with E-state index in [2.05, 4.69) is 10.3 Å². The molecule has 4 heterocycles. The summed E-state index contributed by atoms with van der Waals surface area (Å²) in [7, 11) is -4.05. The summed E-state index contributed by atoms with van der Waals surface area (Å²) < 4.78 is 52.9. The van der Waals surface area contributed by atoms with Gasteiger partial charge in [0.1, 0.15) is 11.9 Å². The minimum absolute atomic E-state index is 0.0325. The topological polar surface area (TPSA) is 163 Å². The Labute approximate surface area is 246 Å². The minimum Gasteiger partial charge on any atom is -0.449 e. The van der Waals surface area contributed by atoms with Gasteiger partial charge in [-0.25, -0.2) is 18.9 Å². The number of carbonyl (C=O) groups excluding carboxylic acids is 2. The molecule has 3 aliphatic rings. The number of benzene rings is 1. The van der Waals surface area contributed by atoms with Crippen LogP contribution in [0.1, 0.15) is 57.4 Å². The first kappa shape index (κ1) is 30.5. The number of hydrogen-bond donors (Lipinski definition) is 1. The Bertz CT molecular complexity index is 1420. The molecular weight excluding hydrogens is 597 g/mol. The Hall–Kier alpha value is -3.00. The van der Waals surface area contributed by atoms with Gasteiger partial charge in [-0.05, 0) is 37.1 Å². The van der Waals surface area contributed by atoms with Gasteiger partial charge < -0.3 is 18.9 Å². The number of anilines is 1. The molecule has 1 unspecified atom stereocenters. The van der Waals surface area contributed by atoms with Crippen molar-refractivity contribution in [2.45, 2.75) is 69.7 Å². The van der Waals surface area contributed by atoms with E-state index in [0.717, 1.165) is 23.8 Å². The molecule has 0 radical (unpaired) electrons. The van der Waals surface area contributed by atoms with Gasteiger partial charge in [-0.3, -0.25) is 23.5 Å². The van der Waals surface area contributed by atoms with Gasteiger partial charge in [0.15, 0.2) is 17.9 Å². The summed E-state index contributed by atoms with van der Waals surface area (Å²) in [5.41, 5.74) is -1.55. The van der Waals surface area contributed by atoms with Crippen molar-refractivity contribution in [3.05, 3.63) is 57.6 Å². The number of nitrogens with zero attached hydrogens (tertiary/aromatic N) is 2. The molecule has 1 aromatic carbocycles. The van der Waals surface area contributed by atoms with Crippen LogP contribution in [0.5, 0.6) is 0 Å². The molecule has 3 aliphatic heterocycles. The monoisotopic (exact) mass is 627 g/mol. The van der Waals surface area contributed by atoms with Crippen LogP contribution in [-0.2, 0) is 37.1 Å². The lowest BCUT2D eigenvalue weighted by atomic mass is 9.96. The maximum atomic E-state index is 13.3. The number of phosphoric ester groups is 1. The second kappa shape index (κ2) is 12.7. The molecule has 0 bridgehead atoms. The normalized spacial score (nSPS) is 30.3. The van der Waals surface area contributed by atoms with Crippen LogP contribution in [-0.4, -0.2) is 59.4 Å². The van der Waals surface area contributed by atoms with Crippen molar-refractivity contribution in [1.29, 1.82) is 0 Å².